The Morgan fingerprint density at radius 3 is 2.94 bits per heavy atom. The quantitative estimate of drug-likeness (QED) is 0.844. The summed E-state index contributed by atoms with van der Waals surface area (Å²) in [6.07, 6.45) is 4.65. The first-order chi connectivity index (χ1) is 7.74. The van der Waals surface area contributed by atoms with E-state index in [-0.39, 0.29) is 29.3 Å². The highest BCUT2D eigenvalue weighted by Crippen LogP contribution is 2.28. The van der Waals surface area contributed by atoms with Crippen molar-refractivity contribution in [3.05, 3.63) is 23.2 Å². The number of carbonyl (C=O) groups is 1. The van der Waals surface area contributed by atoms with Gasteiger partial charge in [-0.1, -0.05) is 11.6 Å². The Morgan fingerprint density at radius 2 is 2.38 bits per heavy atom. The minimum absolute atomic E-state index is 0.0507. The van der Waals surface area contributed by atoms with Crippen molar-refractivity contribution in [2.45, 2.75) is 18.9 Å². The average molecular weight is 242 g/mol. The fraction of sp³-hybridized carbons (Fsp3) is 0.500. The van der Waals surface area contributed by atoms with Crippen molar-refractivity contribution in [2.75, 3.05) is 13.2 Å². The van der Waals surface area contributed by atoms with Crippen LogP contribution in [0.1, 0.15) is 23.3 Å². The number of nitrogens with zero attached hydrogens (tertiary/aromatic N) is 3. The normalized spacial score (nSPS) is 14.9. The fourth-order valence-corrected chi connectivity index (χ4v) is 1.74. The second-order valence-electron chi connectivity index (χ2n) is 3.67. The Balaban J connectivity index is 2.19. The first-order valence-electron chi connectivity index (χ1n) is 5.11. The van der Waals surface area contributed by atoms with E-state index >= 15 is 0 Å². The zero-order chi connectivity index (χ0) is 11.5. The summed E-state index contributed by atoms with van der Waals surface area (Å²) in [6.45, 7) is 0.273. The first kappa shape index (κ1) is 11.3. The molecule has 0 spiro atoms. The van der Waals surface area contributed by atoms with Crippen LogP contribution in [-0.4, -0.2) is 45.1 Å². The molecule has 1 heterocycles. The maximum Gasteiger partial charge on any atom is 0.274 e. The molecule has 86 valence electrons. The van der Waals surface area contributed by atoms with Crippen molar-refractivity contribution >= 4 is 17.5 Å². The highest BCUT2D eigenvalue weighted by Gasteiger charge is 2.33. The molecule has 1 saturated carbocycles. The topological polar surface area (TPSA) is 66.3 Å². The zero-order valence-corrected chi connectivity index (χ0v) is 9.39. The molecule has 1 aliphatic carbocycles. The lowest BCUT2D eigenvalue weighted by Crippen LogP contribution is -2.36. The predicted molar refractivity (Wildman–Crippen MR) is 58.2 cm³/mol. The average Bonchev–Trinajstić information content (AvgIpc) is 3.09. The van der Waals surface area contributed by atoms with Crippen LogP contribution in [0.3, 0.4) is 0 Å². The van der Waals surface area contributed by atoms with Gasteiger partial charge in [0.1, 0.15) is 12.0 Å². The molecule has 0 radical (unpaired) electrons. The van der Waals surface area contributed by atoms with Crippen LogP contribution in [0.5, 0.6) is 0 Å². The summed E-state index contributed by atoms with van der Waals surface area (Å²) >= 11 is 5.85. The molecule has 0 bridgehead atoms. The summed E-state index contributed by atoms with van der Waals surface area (Å²) in [4.78, 5) is 21.3. The van der Waals surface area contributed by atoms with Gasteiger partial charge in [0.25, 0.3) is 5.91 Å². The van der Waals surface area contributed by atoms with Gasteiger partial charge in [0.2, 0.25) is 0 Å². The van der Waals surface area contributed by atoms with Crippen molar-refractivity contribution in [1.29, 1.82) is 0 Å². The van der Waals surface area contributed by atoms with Crippen molar-refractivity contribution in [2.24, 2.45) is 0 Å². The molecule has 0 saturated heterocycles. The van der Waals surface area contributed by atoms with Gasteiger partial charge in [-0.05, 0) is 12.8 Å². The molecule has 0 unspecified atom stereocenters. The summed E-state index contributed by atoms with van der Waals surface area (Å²) in [5.41, 5.74) is 0.206. The molecule has 16 heavy (non-hydrogen) atoms. The van der Waals surface area contributed by atoms with Gasteiger partial charge in [-0.2, -0.15) is 0 Å². The van der Waals surface area contributed by atoms with E-state index in [1.54, 1.807) is 4.90 Å². The van der Waals surface area contributed by atoms with E-state index in [1.165, 1.54) is 12.5 Å². The van der Waals surface area contributed by atoms with Crippen LogP contribution in [0, 0.1) is 0 Å². The zero-order valence-electron chi connectivity index (χ0n) is 8.64. The van der Waals surface area contributed by atoms with Crippen LogP contribution >= 0.6 is 11.6 Å². The molecule has 6 heteroatoms. The lowest BCUT2D eigenvalue weighted by atomic mass is 10.3. The number of hydrogen-bond acceptors (Lipinski definition) is 4. The van der Waals surface area contributed by atoms with Crippen molar-refractivity contribution in [3.8, 4) is 0 Å². The molecule has 1 amide bonds. The summed E-state index contributed by atoms with van der Waals surface area (Å²) in [7, 11) is 0. The molecule has 1 aliphatic rings. The predicted octanol–water partition coefficient (Wildman–Crippen LogP) is 0.727. The monoisotopic (exact) mass is 241 g/mol. The summed E-state index contributed by atoms with van der Waals surface area (Å²) in [6, 6.07) is 0.227. The van der Waals surface area contributed by atoms with E-state index in [0.29, 0.717) is 6.54 Å². The lowest BCUT2D eigenvalue weighted by Gasteiger charge is -2.20. The second kappa shape index (κ2) is 4.76. The third kappa shape index (κ3) is 2.31. The number of aromatic nitrogens is 2. The standard InChI is InChI=1S/C10H12ClN3O2/c11-8-5-12-6-13-9(8)10(16)14(3-4-15)7-1-2-7/h5-7,15H,1-4H2. The van der Waals surface area contributed by atoms with Crippen molar-refractivity contribution < 1.29 is 9.90 Å². The third-order valence-electron chi connectivity index (χ3n) is 2.46. The van der Waals surface area contributed by atoms with Crippen LogP contribution < -0.4 is 0 Å². The molecular weight excluding hydrogens is 230 g/mol. The van der Waals surface area contributed by atoms with Gasteiger partial charge in [0.15, 0.2) is 0 Å². The van der Waals surface area contributed by atoms with Gasteiger partial charge >= 0.3 is 0 Å². The number of aliphatic hydroxyl groups excluding tert-OH is 1. The first-order valence-corrected chi connectivity index (χ1v) is 5.49. The fourth-order valence-electron chi connectivity index (χ4n) is 1.55. The van der Waals surface area contributed by atoms with E-state index in [0.717, 1.165) is 12.8 Å². The Kier molecular flexibility index (Phi) is 3.36. The molecule has 1 N–H and O–H groups in total. The summed E-state index contributed by atoms with van der Waals surface area (Å²) < 4.78 is 0. The minimum Gasteiger partial charge on any atom is -0.395 e. The summed E-state index contributed by atoms with van der Waals surface area (Å²) in [5.74, 6) is -0.232. The number of amides is 1. The Hall–Kier alpha value is -1.20. The van der Waals surface area contributed by atoms with E-state index in [4.69, 9.17) is 16.7 Å². The number of hydrogen-bond donors (Lipinski definition) is 1. The number of carbonyl (C=O) groups excluding carboxylic acids is 1. The lowest BCUT2D eigenvalue weighted by molar-refractivity contribution is 0.0701. The maximum atomic E-state index is 12.1. The highest BCUT2D eigenvalue weighted by molar-refractivity contribution is 6.33. The third-order valence-corrected chi connectivity index (χ3v) is 2.74. The molecule has 0 aromatic carbocycles. The maximum absolute atomic E-state index is 12.1. The van der Waals surface area contributed by atoms with Gasteiger partial charge < -0.3 is 10.0 Å². The molecule has 2 rings (SSSR count). The van der Waals surface area contributed by atoms with Crippen LogP contribution in [0.15, 0.2) is 12.5 Å². The van der Waals surface area contributed by atoms with Crippen LogP contribution in [0.2, 0.25) is 5.02 Å². The number of rotatable bonds is 4. The molecule has 5 nitrogen and oxygen atoms in total. The van der Waals surface area contributed by atoms with Gasteiger partial charge in [0, 0.05) is 18.8 Å². The van der Waals surface area contributed by atoms with E-state index in [1.807, 2.05) is 0 Å². The molecular formula is C10H12ClN3O2. The van der Waals surface area contributed by atoms with E-state index < -0.39 is 0 Å². The Labute approximate surface area is 98.1 Å². The SMILES string of the molecule is O=C(c1ncncc1Cl)N(CCO)C1CC1. The molecule has 0 atom stereocenters. The molecule has 1 fully saturated rings. The van der Waals surface area contributed by atoms with Crippen LogP contribution in [-0.2, 0) is 0 Å². The smallest absolute Gasteiger partial charge is 0.274 e. The van der Waals surface area contributed by atoms with Gasteiger partial charge in [-0.15, -0.1) is 0 Å². The van der Waals surface area contributed by atoms with Crippen molar-refractivity contribution in [1.82, 2.24) is 14.9 Å². The second-order valence-corrected chi connectivity index (χ2v) is 4.08. The number of halogens is 1. The van der Waals surface area contributed by atoms with Crippen molar-refractivity contribution in [3.63, 3.8) is 0 Å². The van der Waals surface area contributed by atoms with Gasteiger partial charge in [0.05, 0.1) is 11.6 Å². The Morgan fingerprint density at radius 1 is 1.62 bits per heavy atom. The molecule has 0 aliphatic heterocycles. The van der Waals surface area contributed by atoms with Crippen LogP contribution in [0.4, 0.5) is 0 Å². The van der Waals surface area contributed by atoms with E-state index in [2.05, 4.69) is 9.97 Å². The van der Waals surface area contributed by atoms with Gasteiger partial charge in [-0.25, -0.2) is 9.97 Å². The largest absolute Gasteiger partial charge is 0.395 e. The molecule has 1 aromatic rings. The minimum atomic E-state index is -0.232. The highest BCUT2D eigenvalue weighted by atomic mass is 35.5. The Bertz CT molecular complexity index is 395. The number of aliphatic hydroxyl groups is 1. The molecule has 1 aromatic heterocycles. The van der Waals surface area contributed by atoms with Crippen LogP contribution in [0.25, 0.3) is 0 Å². The van der Waals surface area contributed by atoms with E-state index in [9.17, 15) is 4.79 Å². The van der Waals surface area contributed by atoms with Gasteiger partial charge in [-0.3, -0.25) is 4.79 Å². The summed E-state index contributed by atoms with van der Waals surface area (Å²) in [5, 5.41) is 9.17.